The molecule has 0 fully saturated rings. The summed E-state index contributed by atoms with van der Waals surface area (Å²) in [4.78, 5) is 18.8. The van der Waals surface area contributed by atoms with E-state index >= 15 is 0 Å². The Morgan fingerprint density at radius 1 is 1.11 bits per heavy atom. The Kier molecular flexibility index (Phi) is 7.36. The molecule has 0 aliphatic heterocycles. The number of amides is 1. The summed E-state index contributed by atoms with van der Waals surface area (Å²) in [7, 11) is 0. The Morgan fingerprint density at radius 3 is 2.80 bits per heavy atom. The lowest BCUT2D eigenvalue weighted by atomic mass is 9.95. The van der Waals surface area contributed by atoms with E-state index in [9.17, 15) is 4.79 Å². The second-order valence-corrected chi connectivity index (χ2v) is 11.7. The number of benzene rings is 1. The molecule has 5 rings (SSSR count). The molecule has 0 bridgehead atoms. The Bertz CT molecular complexity index is 1350. The Balaban J connectivity index is 1.26. The normalized spacial score (nSPS) is 13.1. The van der Waals surface area contributed by atoms with Gasteiger partial charge in [-0.1, -0.05) is 30.8 Å². The molecule has 0 atom stereocenters. The lowest BCUT2D eigenvalue weighted by molar-refractivity contribution is -0.113. The zero-order valence-corrected chi connectivity index (χ0v) is 22.7. The van der Waals surface area contributed by atoms with E-state index in [1.807, 2.05) is 16.7 Å². The van der Waals surface area contributed by atoms with Gasteiger partial charge in [0.1, 0.15) is 0 Å². The third-order valence-corrected chi connectivity index (χ3v) is 9.16. The summed E-state index contributed by atoms with van der Waals surface area (Å²) in [6.45, 7) is 7.19. The molecule has 1 aliphatic carbocycles. The molecule has 9 heteroatoms. The lowest BCUT2D eigenvalue weighted by Crippen LogP contribution is -2.14. The predicted molar refractivity (Wildman–Crippen MR) is 147 cm³/mol. The second-order valence-electron chi connectivity index (χ2n) is 8.89. The number of thioether (sulfide) groups is 1. The molecule has 3 aromatic heterocycles. The van der Waals surface area contributed by atoms with Crippen molar-refractivity contribution in [2.45, 2.75) is 64.6 Å². The average Bonchev–Trinajstić information content (AvgIpc) is 3.58. The molecular weight excluding hydrogens is 495 g/mol. The van der Waals surface area contributed by atoms with E-state index in [1.54, 1.807) is 0 Å². The number of nitrogens with one attached hydrogen (secondary N) is 1. The zero-order chi connectivity index (χ0) is 24.4. The van der Waals surface area contributed by atoms with Crippen molar-refractivity contribution in [1.29, 1.82) is 0 Å². The van der Waals surface area contributed by atoms with Gasteiger partial charge in [0.25, 0.3) is 0 Å². The Hall–Kier alpha value is -2.49. The quantitative estimate of drug-likeness (QED) is 0.258. The Labute approximate surface area is 218 Å². The van der Waals surface area contributed by atoms with Crippen molar-refractivity contribution in [2.24, 2.45) is 0 Å². The van der Waals surface area contributed by atoms with Crippen LogP contribution >= 0.6 is 34.4 Å². The predicted octanol–water partition coefficient (Wildman–Crippen LogP) is 6.77. The molecule has 1 aliphatic rings. The van der Waals surface area contributed by atoms with Crippen molar-refractivity contribution in [3.63, 3.8) is 0 Å². The topological polar surface area (TPSA) is 72.7 Å². The summed E-state index contributed by atoms with van der Waals surface area (Å²) in [6, 6.07) is 6.31. The van der Waals surface area contributed by atoms with E-state index in [4.69, 9.17) is 0 Å². The second kappa shape index (κ2) is 10.6. The first kappa shape index (κ1) is 24.2. The first-order valence-electron chi connectivity index (χ1n) is 12.0. The minimum atomic E-state index is -0.0866. The highest BCUT2D eigenvalue weighted by molar-refractivity contribution is 7.99. The van der Waals surface area contributed by atoms with Gasteiger partial charge in [0.05, 0.1) is 11.4 Å². The monoisotopic (exact) mass is 523 g/mol. The number of fused-ring (bicyclic) bond motifs is 1. The van der Waals surface area contributed by atoms with Crippen LogP contribution in [0.2, 0.25) is 0 Å². The third kappa shape index (κ3) is 5.22. The lowest BCUT2D eigenvalue weighted by Gasteiger charge is -2.13. The van der Waals surface area contributed by atoms with Crippen LogP contribution in [0.5, 0.6) is 0 Å². The molecule has 0 radical (unpaired) electrons. The van der Waals surface area contributed by atoms with E-state index in [2.05, 4.69) is 69.4 Å². The van der Waals surface area contributed by atoms with Crippen LogP contribution in [-0.2, 0) is 24.2 Å². The maximum atomic E-state index is 12.7. The van der Waals surface area contributed by atoms with E-state index in [-0.39, 0.29) is 11.7 Å². The van der Waals surface area contributed by atoms with Gasteiger partial charge in [-0.25, -0.2) is 4.98 Å². The van der Waals surface area contributed by atoms with Gasteiger partial charge >= 0.3 is 0 Å². The fourth-order valence-electron chi connectivity index (χ4n) is 4.35. The number of carbonyl (C=O) groups is 1. The number of hydrogen-bond donors (Lipinski definition) is 1. The number of thiazole rings is 1. The number of nitrogens with zero attached hydrogens (tertiary/aromatic N) is 4. The summed E-state index contributed by atoms with van der Waals surface area (Å²) in [5.41, 5.74) is 7.11. The molecule has 1 aromatic carbocycles. The van der Waals surface area contributed by atoms with Gasteiger partial charge in [-0.05, 0) is 68.7 Å². The van der Waals surface area contributed by atoms with Gasteiger partial charge in [0, 0.05) is 33.3 Å². The van der Waals surface area contributed by atoms with Crippen molar-refractivity contribution < 1.29 is 4.79 Å². The van der Waals surface area contributed by atoms with E-state index in [1.165, 1.54) is 69.5 Å². The number of thiophene rings is 1. The molecule has 0 saturated heterocycles. The van der Waals surface area contributed by atoms with Crippen LogP contribution in [0.1, 0.15) is 47.8 Å². The van der Waals surface area contributed by atoms with Crippen molar-refractivity contribution in [2.75, 3.05) is 11.1 Å². The summed E-state index contributed by atoms with van der Waals surface area (Å²) in [5, 5.41) is 17.6. The van der Waals surface area contributed by atoms with Gasteiger partial charge in [-0.15, -0.1) is 32.9 Å². The molecule has 6 nitrogen and oxygen atoms in total. The van der Waals surface area contributed by atoms with E-state index in [0.29, 0.717) is 5.13 Å². The van der Waals surface area contributed by atoms with Crippen LogP contribution in [0, 0.1) is 13.8 Å². The Morgan fingerprint density at radius 2 is 1.97 bits per heavy atom. The maximum Gasteiger partial charge on any atom is 0.236 e. The molecular formula is C26H29N5OS3. The van der Waals surface area contributed by atoms with Gasteiger partial charge in [-0.3, -0.25) is 4.79 Å². The minimum Gasteiger partial charge on any atom is -0.302 e. The summed E-state index contributed by atoms with van der Waals surface area (Å²) in [6.07, 6.45) is 5.79. The summed E-state index contributed by atoms with van der Waals surface area (Å²) in [5.74, 6) is 1.12. The van der Waals surface area contributed by atoms with Gasteiger partial charge in [-0.2, -0.15) is 0 Å². The smallest absolute Gasteiger partial charge is 0.236 e. The van der Waals surface area contributed by atoms with Gasteiger partial charge < -0.3 is 9.88 Å². The zero-order valence-electron chi connectivity index (χ0n) is 20.3. The largest absolute Gasteiger partial charge is 0.302 e. The number of aryl methyl sites for hydroxylation is 3. The van der Waals surface area contributed by atoms with Gasteiger partial charge in [0.2, 0.25) is 5.91 Å². The van der Waals surface area contributed by atoms with Crippen molar-refractivity contribution in [1.82, 2.24) is 19.7 Å². The molecule has 0 unspecified atom stereocenters. The van der Waals surface area contributed by atoms with Gasteiger partial charge in [0.15, 0.2) is 16.1 Å². The van der Waals surface area contributed by atoms with Crippen LogP contribution in [0.3, 0.4) is 0 Å². The number of anilines is 1. The van der Waals surface area contributed by atoms with Crippen LogP contribution < -0.4 is 5.32 Å². The average molecular weight is 524 g/mol. The first-order chi connectivity index (χ1) is 17.0. The fraction of sp³-hybridized carbons (Fsp3) is 0.385. The molecule has 1 amide bonds. The molecule has 182 valence electrons. The molecule has 4 aromatic rings. The molecule has 1 N–H and O–H groups in total. The minimum absolute atomic E-state index is 0.0866. The highest BCUT2D eigenvalue weighted by Gasteiger charge is 2.22. The van der Waals surface area contributed by atoms with Crippen LogP contribution in [-0.4, -0.2) is 31.4 Å². The molecule has 0 saturated carbocycles. The fourth-order valence-corrected chi connectivity index (χ4v) is 6.98. The molecule has 35 heavy (non-hydrogen) atoms. The maximum absolute atomic E-state index is 12.7. The number of rotatable bonds is 8. The van der Waals surface area contributed by atoms with Crippen LogP contribution in [0.25, 0.3) is 22.6 Å². The van der Waals surface area contributed by atoms with Crippen molar-refractivity contribution in [3.05, 3.63) is 50.5 Å². The third-order valence-electron chi connectivity index (χ3n) is 6.35. The summed E-state index contributed by atoms with van der Waals surface area (Å²) < 4.78 is 2.18. The summed E-state index contributed by atoms with van der Waals surface area (Å²) >= 11 is 4.73. The van der Waals surface area contributed by atoms with E-state index in [0.717, 1.165) is 41.6 Å². The van der Waals surface area contributed by atoms with Crippen LogP contribution in [0.15, 0.2) is 34.1 Å². The first-order valence-corrected chi connectivity index (χ1v) is 14.8. The number of carbonyl (C=O) groups excluding carboxylic acids is 1. The van der Waals surface area contributed by atoms with Crippen molar-refractivity contribution in [3.8, 4) is 22.6 Å². The molecule has 3 heterocycles. The standard InChI is InChI=1S/C26H29N5OS3/c1-4-11-31-24(20-13-33-22-8-6-5-7-19(20)22)29-30-26(31)35-15-23(32)28-25-27-21(14-34-25)18-10-9-16(2)17(3)12-18/h9-10,12-14H,4-8,11,15H2,1-3H3,(H,27,28,32). The number of hydrogen-bond acceptors (Lipinski definition) is 7. The highest BCUT2D eigenvalue weighted by atomic mass is 32.2. The van der Waals surface area contributed by atoms with Crippen LogP contribution in [0.4, 0.5) is 5.13 Å². The van der Waals surface area contributed by atoms with E-state index < -0.39 is 0 Å². The van der Waals surface area contributed by atoms with Crippen molar-refractivity contribution >= 4 is 45.5 Å². The SMILES string of the molecule is CCCn1c(SCC(=O)Nc2nc(-c3ccc(C)c(C)c3)cs2)nnc1-c1csc2c1CCCC2. The highest BCUT2D eigenvalue weighted by Crippen LogP contribution is 2.37. The number of aromatic nitrogens is 4. The molecule has 0 spiro atoms.